The van der Waals surface area contributed by atoms with Gasteiger partial charge in [0.2, 0.25) is 5.91 Å². The van der Waals surface area contributed by atoms with E-state index in [9.17, 15) is 4.79 Å². The van der Waals surface area contributed by atoms with Gasteiger partial charge in [-0.2, -0.15) is 0 Å². The van der Waals surface area contributed by atoms with E-state index in [1.807, 2.05) is 0 Å². The molecule has 4 N–H and O–H groups in total. The number of aliphatic imine (C=N–C) groups is 1. The number of carbonyl (C=O) groups excluding carboxylic acids is 1. The molecule has 6 nitrogen and oxygen atoms in total. The first-order chi connectivity index (χ1) is 10.7. The van der Waals surface area contributed by atoms with Crippen molar-refractivity contribution in [1.82, 2.24) is 15.5 Å². The summed E-state index contributed by atoms with van der Waals surface area (Å²) in [6, 6.07) is 0.548. The Morgan fingerprint density at radius 1 is 1.22 bits per heavy atom. The number of carbonyl (C=O) groups is 1. The Labute approximate surface area is 157 Å². The van der Waals surface area contributed by atoms with E-state index >= 15 is 0 Å². The van der Waals surface area contributed by atoms with Gasteiger partial charge < -0.3 is 16.4 Å². The Bertz CT molecular complexity index is 387. The lowest BCUT2D eigenvalue weighted by Crippen LogP contribution is -2.38. The summed E-state index contributed by atoms with van der Waals surface area (Å²) in [6.45, 7) is 6.72. The average Bonchev–Trinajstić information content (AvgIpc) is 2.90. The number of hydrogen-bond donors (Lipinski definition) is 3. The molecule has 1 amide bonds. The average molecular weight is 437 g/mol. The zero-order valence-electron chi connectivity index (χ0n) is 14.2. The van der Waals surface area contributed by atoms with E-state index in [0.29, 0.717) is 18.5 Å². The fourth-order valence-electron chi connectivity index (χ4n) is 3.11. The second-order valence-electron chi connectivity index (χ2n) is 6.35. The summed E-state index contributed by atoms with van der Waals surface area (Å²) in [6.07, 6.45) is 6.67. The number of nitrogens with two attached hydrogens (primary N) is 1. The highest BCUT2D eigenvalue weighted by atomic mass is 127. The zero-order valence-corrected chi connectivity index (χ0v) is 16.6. The number of likely N-dealkylation sites (tertiary alicyclic amines) is 1. The molecule has 0 radical (unpaired) electrons. The maximum Gasteiger partial charge on any atom is 0.223 e. The van der Waals surface area contributed by atoms with Crippen molar-refractivity contribution in [2.75, 3.05) is 32.7 Å². The van der Waals surface area contributed by atoms with Crippen molar-refractivity contribution < 1.29 is 4.79 Å². The molecule has 0 spiro atoms. The Morgan fingerprint density at radius 2 is 1.96 bits per heavy atom. The molecule has 1 aliphatic heterocycles. The molecule has 1 unspecified atom stereocenters. The van der Waals surface area contributed by atoms with Crippen LogP contribution in [0.3, 0.4) is 0 Å². The van der Waals surface area contributed by atoms with Crippen LogP contribution in [0.5, 0.6) is 0 Å². The van der Waals surface area contributed by atoms with Gasteiger partial charge in [0.1, 0.15) is 0 Å². The summed E-state index contributed by atoms with van der Waals surface area (Å²) >= 11 is 0. The molecule has 2 rings (SSSR count). The van der Waals surface area contributed by atoms with Gasteiger partial charge in [-0.1, -0.05) is 13.3 Å². The van der Waals surface area contributed by atoms with Crippen LogP contribution in [-0.2, 0) is 4.79 Å². The van der Waals surface area contributed by atoms with Crippen LogP contribution < -0.4 is 16.4 Å². The van der Waals surface area contributed by atoms with E-state index in [4.69, 9.17) is 5.73 Å². The lowest BCUT2D eigenvalue weighted by molar-refractivity contribution is -0.127. The highest BCUT2D eigenvalue weighted by molar-refractivity contribution is 14.0. The molecule has 7 heteroatoms. The number of rotatable bonds is 8. The number of halogens is 1. The highest BCUT2D eigenvalue weighted by Gasteiger charge is 2.24. The van der Waals surface area contributed by atoms with Crippen molar-refractivity contribution in [3.8, 4) is 0 Å². The largest absolute Gasteiger partial charge is 0.370 e. The Morgan fingerprint density at radius 3 is 2.61 bits per heavy atom. The molecule has 1 saturated heterocycles. The predicted molar refractivity (Wildman–Crippen MR) is 105 cm³/mol. The van der Waals surface area contributed by atoms with Crippen LogP contribution in [0.15, 0.2) is 4.99 Å². The molecular weight excluding hydrogens is 405 g/mol. The van der Waals surface area contributed by atoms with Crippen LogP contribution >= 0.6 is 24.0 Å². The molecule has 1 aliphatic carbocycles. The molecule has 1 heterocycles. The van der Waals surface area contributed by atoms with Gasteiger partial charge in [0.05, 0.1) is 6.54 Å². The van der Waals surface area contributed by atoms with E-state index in [1.165, 1.54) is 25.8 Å². The fraction of sp³-hybridized carbons (Fsp3) is 0.875. The molecule has 23 heavy (non-hydrogen) atoms. The third-order valence-electron chi connectivity index (χ3n) is 4.81. The van der Waals surface area contributed by atoms with Gasteiger partial charge in [0.15, 0.2) is 5.96 Å². The second kappa shape index (κ2) is 11.1. The SMILES string of the molecule is CCN1CCCC1CN=C(N)NCCCNC(=O)C1CCC1.I. The molecule has 2 fully saturated rings. The first-order valence-corrected chi connectivity index (χ1v) is 8.76. The van der Waals surface area contributed by atoms with Gasteiger partial charge in [-0.15, -0.1) is 24.0 Å². The number of nitrogens with zero attached hydrogens (tertiary/aromatic N) is 2. The van der Waals surface area contributed by atoms with E-state index in [-0.39, 0.29) is 35.8 Å². The zero-order chi connectivity index (χ0) is 15.8. The van der Waals surface area contributed by atoms with Crippen LogP contribution in [0.1, 0.15) is 45.4 Å². The Balaban J connectivity index is 0.00000264. The van der Waals surface area contributed by atoms with E-state index < -0.39 is 0 Å². The van der Waals surface area contributed by atoms with Crippen molar-refractivity contribution in [3.63, 3.8) is 0 Å². The first-order valence-electron chi connectivity index (χ1n) is 8.76. The van der Waals surface area contributed by atoms with Crippen LogP contribution in [0, 0.1) is 5.92 Å². The normalized spacial score (nSPS) is 22.3. The number of hydrogen-bond acceptors (Lipinski definition) is 3. The summed E-state index contributed by atoms with van der Waals surface area (Å²) in [7, 11) is 0. The molecule has 0 aromatic carbocycles. The van der Waals surface area contributed by atoms with Crippen LogP contribution in [0.25, 0.3) is 0 Å². The van der Waals surface area contributed by atoms with Gasteiger partial charge in [-0.3, -0.25) is 14.7 Å². The van der Waals surface area contributed by atoms with Crippen molar-refractivity contribution in [2.45, 2.75) is 51.5 Å². The van der Waals surface area contributed by atoms with Crippen molar-refractivity contribution >= 4 is 35.8 Å². The van der Waals surface area contributed by atoms with Crippen molar-refractivity contribution in [2.24, 2.45) is 16.6 Å². The predicted octanol–water partition coefficient (Wildman–Crippen LogP) is 1.30. The lowest BCUT2D eigenvalue weighted by atomic mass is 9.85. The van der Waals surface area contributed by atoms with Gasteiger partial charge in [0.25, 0.3) is 0 Å². The monoisotopic (exact) mass is 437 g/mol. The molecular formula is C16H32IN5O. The van der Waals surface area contributed by atoms with Gasteiger partial charge >= 0.3 is 0 Å². The van der Waals surface area contributed by atoms with Gasteiger partial charge in [-0.05, 0) is 45.2 Å². The second-order valence-corrected chi connectivity index (χ2v) is 6.35. The van der Waals surface area contributed by atoms with Gasteiger partial charge in [0, 0.05) is 25.0 Å². The summed E-state index contributed by atoms with van der Waals surface area (Å²) in [5.41, 5.74) is 5.89. The molecule has 1 saturated carbocycles. The summed E-state index contributed by atoms with van der Waals surface area (Å²) in [5.74, 6) is 1.01. The van der Waals surface area contributed by atoms with Crippen LogP contribution in [0.2, 0.25) is 0 Å². The Kier molecular flexibility index (Phi) is 9.85. The third kappa shape index (κ3) is 6.82. The van der Waals surface area contributed by atoms with Crippen LogP contribution in [0.4, 0.5) is 0 Å². The summed E-state index contributed by atoms with van der Waals surface area (Å²) in [5, 5.41) is 6.11. The molecule has 0 aromatic rings. The molecule has 2 aliphatic rings. The quantitative estimate of drug-likeness (QED) is 0.231. The maximum absolute atomic E-state index is 11.6. The van der Waals surface area contributed by atoms with Crippen LogP contribution in [-0.4, -0.2) is 55.5 Å². The number of amides is 1. The van der Waals surface area contributed by atoms with Crippen molar-refractivity contribution in [3.05, 3.63) is 0 Å². The number of nitrogens with one attached hydrogen (secondary N) is 2. The minimum atomic E-state index is 0. The minimum Gasteiger partial charge on any atom is -0.370 e. The number of guanidine groups is 1. The standard InChI is InChI=1S/C16H31N5O.HI/c1-2-21-11-4-8-14(21)12-20-16(17)19-10-5-9-18-15(22)13-6-3-7-13;/h13-14H,2-12H2,1H3,(H,18,22)(H3,17,19,20);1H. The lowest BCUT2D eigenvalue weighted by Gasteiger charge is -2.24. The van der Waals surface area contributed by atoms with E-state index in [1.54, 1.807) is 0 Å². The Hall–Kier alpha value is -0.570. The maximum atomic E-state index is 11.6. The highest BCUT2D eigenvalue weighted by Crippen LogP contribution is 2.25. The van der Waals surface area contributed by atoms with Crippen molar-refractivity contribution in [1.29, 1.82) is 0 Å². The third-order valence-corrected chi connectivity index (χ3v) is 4.81. The fourth-order valence-corrected chi connectivity index (χ4v) is 3.11. The number of likely N-dealkylation sites (N-methyl/N-ethyl adjacent to an activating group) is 1. The van der Waals surface area contributed by atoms with Gasteiger partial charge in [-0.25, -0.2) is 0 Å². The van der Waals surface area contributed by atoms with E-state index in [2.05, 4.69) is 27.4 Å². The minimum absolute atomic E-state index is 0. The summed E-state index contributed by atoms with van der Waals surface area (Å²) < 4.78 is 0. The first kappa shape index (κ1) is 20.5. The van der Waals surface area contributed by atoms with E-state index in [0.717, 1.165) is 38.9 Å². The molecule has 0 bridgehead atoms. The molecule has 1 atom stereocenters. The smallest absolute Gasteiger partial charge is 0.223 e. The molecule has 0 aromatic heterocycles. The molecule has 134 valence electrons. The topological polar surface area (TPSA) is 82.8 Å². The summed E-state index contributed by atoms with van der Waals surface area (Å²) in [4.78, 5) is 18.6.